The van der Waals surface area contributed by atoms with E-state index in [-0.39, 0.29) is 5.78 Å². The van der Waals surface area contributed by atoms with E-state index in [0.29, 0.717) is 5.75 Å². The Bertz CT molecular complexity index is 256. The van der Waals surface area contributed by atoms with Gasteiger partial charge in [0.2, 0.25) is 0 Å². The fourth-order valence-corrected chi connectivity index (χ4v) is 1.80. The number of hydrogen-bond donors (Lipinski definition) is 0. The van der Waals surface area contributed by atoms with E-state index in [1.807, 2.05) is 30.3 Å². The van der Waals surface area contributed by atoms with E-state index in [1.165, 1.54) is 0 Å². The Morgan fingerprint density at radius 3 is 2.62 bits per heavy atom. The zero-order valence-electron chi connectivity index (χ0n) is 7.82. The minimum absolute atomic E-state index is 0.235. The second kappa shape index (κ2) is 5.81. The van der Waals surface area contributed by atoms with Gasteiger partial charge < -0.3 is 0 Å². The van der Waals surface area contributed by atoms with Crippen LogP contribution in [0.1, 0.15) is 23.7 Å². The van der Waals surface area contributed by atoms with Gasteiger partial charge in [0.1, 0.15) is 0 Å². The summed E-state index contributed by atoms with van der Waals surface area (Å²) in [5.41, 5.74) is 0.825. The number of carbonyl (C=O) groups excluding carboxylic acids is 1. The highest BCUT2D eigenvalue weighted by Crippen LogP contribution is 2.07. The average molecular weight is 194 g/mol. The van der Waals surface area contributed by atoms with Crippen molar-refractivity contribution in [1.29, 1.82) is 0 Å². The first-order valence-corrected chi connectivity index (χ1v) is 5.66. The lowest BCUT2D eigenvalue weighted by Gasteiger charge is -1.99. The molecule has 0 spiro atoms. The molecule has 0 heterocycles. The SMILES string of the molecule is CCCSCC(=O)c1ccccc1. The Labute approximate surface area is 83.5 Å². The second-order valence-electron chi connectivity index (χ2n) is 2.84. The molecule has 0 atom stereocenters. The van der Waals surface area contributed by atoms with Gasteiger partial charge in [0.05, 0.1) is 5.75 Å². The third kappa shape index (κ3) is 3.64. The van der Waals surface area contributed by atoms with E-state index >= 15 is 0 Å². The van der Waals surface area contributed by atoms with Gasteiger partial charge in [-0.1, -0.05) is 37.3 Å². The molecule has 70 valence electrons. The van der Waals surface area contributed by atoms with Crippen molar-refractivity contribution < 1.29 is 4.79 Å². The summed E-state index contributed by atoms with van der Waals surface area (Å²) in [7, 11) is 0. The van der Waals surface area contributed by atoms with Crippen LogP contribution in [0.5, 0.6) is 0 Å². The molecule has 1 rings (SSSR count). The van der Waals surface area contributed by atoms with E-state index in [0.717, 1.165) is 17.7 Å². The zero-order valence-corrected chi connectivity index (χ0v) is 8.64. The Balaban J connectivity index is 2.40. The average Bonchev–Trinajstić information content (AvgIpc) is 2.19. The molecule has 2 heteroatoms. The maximum absolute atomic E-state index is 11.5. The van der Waals surface area contributed by atoms with E-state index in [9.17, 15) is 4.79 Å². The lowest BCUT2D eigenvalue weighted by molar-refractivity contribution is 0.102. The monoisotopic (exact) mass is 194 g/mol. The van der Waals surface area contributed by atoms with Crippen LogP contribution in [0.2, 0.25) is 0 Å². The summed E-state index contributed by atoms with van der Waals surface area (Å²) in [6, 6.07) is 9.47. The van der Waals surface area contributed by atoms with Gasteiger partial charge in [-0.15, -0.1) is 0 Å². The summed E-state index contributed by atoms with van der Waals surface area (Å²) in [6.07, 6.45) is 1.13. The molecular weight excluding hydrogens is 180 g/mol. The number of rotatable bonds is 5. The Kier molecular flexibility index (Phi) is 4.61. The highest BCUT2D eigenvalue weighted by molar-refractivity contribution is 7.99. The van der Waals surface area contributed by atoms with Gasteiger partial charge in [0.25, 0.3) is 0 Å². The second-order valence-corrected chi connectivity index (χ2v) is 3.95. The van der Waals surface area contributed by atoms with Crippen molar-refractivity contribution in [3.63, 3.8) is 0 Å². The van der Waals surface area contributed by atoms with Crippen LogP contribution in [0, 0.1) is 0 Å². The lowest BCUT2D eigenvalue weighted by atomic mass is 10.2. The van der Waals surface area contributed by atoms with Crippen LogP contribution >= 0.6 is 11.8 Å². The van der Waals surface area contributed by atoms with Crippen molar-refractivity contribution in [2.75, 3.05) is 11.5 Å². The quantitative estimate of drug-likeness (QED) is 0.529. The first-order valence-electron chi connectivity index (χ1n) is 4.50. The van der Waals surface area contributed by atoms with E-state index < -0.39 is 0 Å². The van der Waals surface area contributed by atoms with Gasteiger partial charge in [0.15, 0.2) is 5.78 Å². The van der Waals surface area contributed by atoms with E-state index in [2.05, 4.69) is 6.92 Å². The Morgan fingerprint density at radius 1 is 1.31 bits per heavy atom. The summed E-state index contributed by atoms with van der Waals surface area (Å²) in [5, 5.41) is 0. The molecule has 13 heavy (non-hydrogen) atoms. The molecule has 0 aliphatic rings. The summed E-state index contributed by atoms with van der Waals surface area (Å²) in [6.45, 7) is 2.12. The normalized spacial score (nSPS) is 9.92. The molecule has 1 nitrogen and oxygen atoms in total. The molecule has 0 amide bonds. The third-order valence-corrected chi connectivity index (χ3v) is 2.84. The molecular formula is C11H14OS. The van der Waals surface area contributed by atoms with Crippen LogP contribution < -0.4 is 0 Å². The standard InChI is InChI=1S/C11H14OS/c1-2-8-13-9-11(12)10-6-4-3-5-7-10/h3-7H,2,8-9H2,1H3. The molecule has 1 aromatic rings. The third-order valence-electron chi connectivity index (χ3n) is 1.68. The molecule has 0 fully saturated rings. The van der Waals surface area contributed by atoms with Crippen LogP contribution in [0.3, 0.4) is 0 Å². The van der Waals surface area contributed by atoms with Crippen molar-refractivity contribution >= 4 is 17.5 Å². The molecule has 0 aliphatic heterocycles. The van der Waals surface area contributed by atoms with Crippen molar-refractivity contribution in [2.45, 2.75) is 13.3 Å². The van der Waals surface area contributed by atoms with Crippen molar-refractivity contribution in [3.05, 3.63) is 35.9 Å². The van der Waals surface area contributed by atoms with Crippen LogP contribution in [0.15, 0.2) is 30.3 Å². The fraction of sp³-hybridized carbons (Fsp3) is 0.364. The predicted molar refractivity (Wildman–Crippen MR) is 58.4 cm³/mol. The molecule has 0 bridgehead atoms. The van der Waals surface area contributed by atoms with Crippen molar-refractivity contribution in [1.82, 2.24) is 0 Å². The molecule has 0 radical (unpaired) electrons. The summed E-state index contributed by atoms with van der Waals surface area (Å²) < 4.78 is 0. The number of thioether (sulfide) groups is 1. The number of Topliss-reactive ketones (excluding diaryl/α,β-unsaturated/α-hetero) is 1. The number of ketones is 1. The van der Waals surface area contributed by atoms with Gasteiger partial charge in [-0.25, -0.2) is 0 Å². The topological polar surface area (TPSA) is 17.1 Å². The molecule has 0 unspecified atom stereocenters. The Morgan fingerprint density at radius 2 is 2.00 bits per heavy atom. The molecule has 0 aliphatic carbocycles. The fourth-order valence-electron chi connectivity index (χ4n) is 1.02. The van der Waals surface area contributed by atoms with Crippen LogP contribution in [0.4, 0.5) is 0 Å². The highest BCUT2D eigenvalue weighted by atomic mass is 32.2. The van der Waals surface area contributed by atoms with Crippen molar-refractivity contribution in [2.24, 2.45) is 0 Å². The van der Waals surface area contributed by atoms with Gasteiger partial charge in [-0.05, 0) is 12.2 Å². The van der Waals surface area contributed by atoms with Gasteiger partial charge in [-0.2, -0.15) is 11.8 Å². The maximum Gasteiger partial charge on any atom is 0.172 e. The van der Waals surface area contributed by atoms with E-state index in [4.69, 9.17) is 0 Å². The maximum atomic E-state index is 11.5. The lowest BCUT2D eigenvalue weighted by Crippen LogP contribution is -2.02. The van der Waals surface area contributed by atoms with Gasteiger partial charge in [-0.3, -0.25) is 4.79 Å². The van der Waals surface area contributed by atoms with Crippen LogP contribution in [-0.2, 0) is 0 Å². The summed E-state index contributed by atoms with van der Waals surface area (Å²) >= 11 is 1.71. The van der Waals surface area contributed by atoms with Gasteiger partial charge in [0, 0.05) is 5.56 Å². The largest absolute Gasteiger partial charge is 0.293 e. The first kappa shape index (κ1) is 10.3. The molecule has 1 aromatic carbocycles. The predicted octanol–water partition coefficient (Wildman–Crippen LogP) is 3.01. The molecule has 0 aromatic heterocycles. The summed E-state index contributed by atoms with van der Waals surface area (Å²) in [4.78, 5) is 11.5. The van der Waals surface area contributed by atoms with Crippen LogP contribution in [0.25, 0.3) is 0 Å². The minimum atomic E-state index is 0.235. The first-order chi connectivity index (χ1) is 6.34. The van der Waals surface area contributed by atoms with Gasteiger partial charge >= 0.3 is 0 Å². The van der Waals surface area contributed by atoms with Crippen LogP contribution in [-0.4, -0.2) is 17.3 Å². The minimum Gasteiger partial charge on any atom is -0.293 e. The highest BCUT2D eigenvalue weighted by Gasteiger charge is 2.03. The zero-order chi connectivity index (χ0) is 9.52. The number of hydrogen-bond acceptors (Lipinski definition) is 2. The number of benzene rings is 1. The van der Waals surface area contributed by atoms with Crippen molar-refractivity contribution in [3.8, 4) is 0 Å². The Hall–Kier alpha value is -0.760. The number of carbonyl (C=O) groups is 1. The molecule has 0 saturated heterocycles. The molecule has 0 N–H and O–H groups in total. The smallest absolute Gasteiger partial charge is 0.172 e. The summed E-state index contributed by atoms with van der Waals surface area (Å²) in [5.74, 6) is 1.91. The molecule has 0 saturated carbocycles. The van der Waals surface area contributed by atoms with E-state index in [1.54, 1.807) is 11.8 Å².